The van der Waals surface area contributed by atoms with Gasteiger partial charge in [-0.3, -0.25) is 0 Å². The quantitative estimate of drug-likeness (QED) is 0.616. The van der Waals surface area contributed by atoms with Crippen LogP contribution in [-0.2, 0) is 0 Å². The van der Waals surface area contributed by atoms with E-state index in [-0.39, 0.29) is 0 Å². The maximum Gasteiger partial charge on any atom is 0.0106 e. The molecule has 62 valence electrons. The highest BCUT2D eigenvalue weighted by atomic mass is 14.6. The van der Waals surface area contributed by atoms with E-state index >= 15 is 0 Å². The molecule has 0 rings (SSSR count). The van der Waals surface area contributed by atoms with Crippen molar-refractivity contribution >= 4 is 0 Å². The van der Waals surface area contributed by atoms with Crippen LogP contribution in [0.15, 0.2) is 36.1 Å². The van der Waals surface area contributed by atoms with Crippen LogP contribution >= 0.6 is 0 Å². The minimum Gasteiger partial charge on any atom is -0.402 e. The van der Waals surface area contributed by atoms with E-state index in [4.69, 9.17) is 5.73 Å². The van der Waals surface area contributed by atoms with E-state index < -0.39 is 0 Å². The molecule has 0 aromatic carbocycles. The second-order valence-electron chi connectivity index (χ2n) is 2.73. The minimum atomic E-state index is 0.435. The van der Waals surface area contributed by atoms with Crippen LogP contribution in [-0.4, -0.2) is 0 Å². The third-order valence-corrected chi connectivity index (χ3v) is 1.37. The minimum absolute atomic E-state index is 0.435. The third-order valence-electron chi connectivity index (χ3n) is 1.37. The SMILES string of the molecule is C\C=C/C=C\C=C(/N)C(C)C. The van der Waals surface area contributed by atoms with Crippen molar-refractivity contribution < 1.29 is 0 Å². The predicted octanol–water partition coefficient (Wildman–Crippen LogP) is 2.62. The van der Waals surface area contributed by atoms with E-state index in [1.165, 1.54) is 0 Å². The number of rotatable bonds is 3. The van der Waals surface area contributed by atoms with Gasteiger partial charge in [-0.15, -0.1) is 0 Å². The van der Waals surface area contributed by atoms with Gasteiger partial charge in [-0.1, -0.05) is 38.2 Å². The Morgan fingerprint density at radius 3 is 2.27 bits per heavy atom. The Balaban J connectivity index is 3.91. The van der Waals surface area contributed by atoms with E-state index in [9.17, 15) is 0 Å². The standard InChI is InChI=1S/C10H17N/c1-4-5-6-7-8-10(11)9(2)3/h4-9H,11H2,1-3H3/b5-4-,7-6-,10-8-. The maximum atomic E-state index is 5.68. The first-order valence-corrected chi connectivity index (χ1v) is 3.93. The van der Waals surface area contributed by atoms with Gasteiger partial charge >= 0.3 is 0 Å². The van der Waals surface area contributed by atoms with E-state index in [0.717, 1.165) is 5.70 Å². The first-order valence-electron chi connectivity index (χ1n) is 3.93. The van der Waals surface area contributed by atoms with Crippen molar-refractivity contribution in [1.82, 2.24) is 0 Å². The van der Waals surface area contributed by atoms with Crippen LogP contribution in [0.25, 0.3) is 0 Å². The average molecular weight is 151 g/mol. The van der Waals surface area contributed by atoms with Gasteiger partial charge in [-0.2, -0.15) is 0 Å². The zero-order valence-corrected chi connectivity index (χ0v) is 7.54. The van der Waals surface area contributed by atoms with Gasteiger partial charge in [-0.05, 0) is 18.9 Å². The normalized spacial score (nSPS) is 14.0. The van der Waals surface area contributed by atoms with Gasteiger partial charge < -0.3 is 5.73 Å². The first kappa shape index (κ1) is 10.0. The highest BCUT2D eigenvalue weighted by Crippen LogP contribution is 2.01. The molecule has 0 aliphatic carbocycles. The Kier molecular flexibility index (Phi) is 5.26. The van der Waals surface area contributed by atoms with Crippen molar-refractivity contribution in [3.8, 4) is 0 Å². The lowest BCUT2D eigenvalue weighted by molar-refractivity contribution is 0.757. The highest BCUT2D eigenvalue weighted by Gasteiger charge is 1.92. The van der Waals surface area contributed by atoms with Crippen molar-refractivity contribution in [1.29, 1.82) is 0 Å². The molecule has 1 nitrogen and oxygen atoms in total. The molecule has 11 heavy (non-hydrogen) atoms. The van der Waals surface area contributed by atoms with E-state index in [1.54, 1.807) is 0 Å². The van der Waals surface area contributed by atoms with Crippen LogP contribution < -0.4 is 5.73 Å². The third kappa shape index (κ3) is 5.46. The maximum absolute atomic E-state index is 5.68. The monoisotopic (exact) mass is 151 g/mol. The Bertz CT molecular complexity index is 173. The summed E-state index contributed by atoms with van der Waals surface area (Å²) in [7, 11) is 0. The Hall–Kier alpha value is -0.980. The summed E-state index contributed by atoms with van der Waals surface area (Å²) in [5.74, 6) is 0.435. The fraction of sp³-hybridized carbons (Fsp3) is 0.400. The molecule has 0 spiro atoms. The molecule has 0 atom stereocenters. The second-order valence-corrected chi connectivity index (χ2v) is 2.73. The molecule has 0 aromatic rings. The van der Waals surface area contributed by atoms with E-state index in [2.05, 4.69) is 13.8 Å². The second kappa shape index (κ2) is 5.78. The van der Waals surface area contributed by atoms with Crippen LogP contribution in [0, 0.1) is 5.92 Å². The largest absolute Gasteiger partial charge is 0.402 e. The highest BCUT2D eigenvalue weighted by molar-refractivity contribution is 5.15. The number of allylic oxidation sites excluding steroid dienone is 6. The lowest BCUT2D eigenvalue weighted by atomic mass is 10.1. The summed E-state index contributed by atoms with van der Waals surface area (Å²) < 4.78 is 0. The summed E-state index contributed by atoms with van der Waals surface area (Å²) in [5.41, 5.74) is 6.61. The summed E-state index contributed by atoms with van der Waals surface area (Å²) in [5, 5.41) is 0. The Morgan fingerprint density at radius 2 is 1.82 bits per heavy atom. The summed E-state index contributed by atoms with van der Waals surface area (Å²) in [6.07, 6.45) is 9.81. The molecule has 0 amide bonds. The number of nitrogens with two attached hydrogens (primary N) is 1. The molecule has 0 saturated carbocycles. The van der Waals surface area contributed by atoms with Crippen LogP contribution in [0.1, 0.15) is 20.8 Å². The van der Waals surface area contributed by atoms with Crippen molar-refractivity contribution in [3.05, 3.63) is 36.1 Å². The van der Waals surface area contributed by atoms with Gasteiger partial charge in [-0.25, -0.2) is 0 Å². The number of hydrogen-bond acceptors (Lipinski definition) is 1. The van der Waals surface area contributed by atoms with Crippen molar-refractivity contribution in [2.45, 2.75) is 20.8 Å². The first-order chi connectivity index (χ1) is 5.18. The molecule has 0 unspecified atom stereocenters. The summed E-state index contributed by atoms with van der Waals surface area (Å²) in [4.78, 5) is 0. The molecular formula is C10H17N. The Labute approximate surface area is 69.3 Å². The lowest BCUT2D eigenvalue weighted by Crippen LogP contribution is -2.03. The van der Waals surface area contributed by atoms with Crippen LogP contribution in [0.2, 0.25) is 0 Å². The smallest absolute Gasteiger partial charge is 0.0106 e. The van der Waals surface area contributed by atoms with Gasteiger partial charge in [0.15, 0.2) is 0 Å². The molecule has 0 aliphatic rings. The van der Waals surface area contributed by atoms with Crippen molar-refractivity contribution in [2.75, 3.05) is 0 Å². The van der Waals surface area contributed by atoms with Gasteiger partial charge in [0, 0.05) is 5.70 Å². The molecule has 0 aliphatic heterocycles. The molecule has 0 bridgehead atoms. The fourth-order valence-corrected chi connectivity index (χ4v) is 0.534. The molecule has 1 heteroatoms. The predicted molar refractivity (Wildman–Crippen MR) is 51.1 cm³/mol. The average Bonchev–Trinajstić information content (AvgIpc) is 1.97. The molecule has 0 aromatic heterocycles. The van der Waals surface area contributed by atoms with Gasteiger partial charge in [0.2, 0.25) is 0 Å². The molecule has 0 radical (unpaired) electrons. The summed E-state index contributed by atoms with van der Waals surface area (Å²) >= 11 is 0. The molecule has 0 saturated heterocycles. The van der Waals surface area contributed by atoms with Crippen LogP contribution in [0.4, 0.5) is 0 Å². The summed E-state index contributed by atoms with van der Waals surface area (Å²) in [6.45, 7) is 6.14. The topological polar surface area (TPSA) is 26.0 Å². The molecule has 0 heterocycles. The van der Waals surface area contributed by atoms with Crippen LogP contribution in [0.3, 0.4) is 0 Å². The lowest BCUT2D eigenvalue weighted by Gasteiger charge is -2.01. The van der Waals surface area contributed by atoms with E-state index in [1.807, 2.05) is 37.3 Å². The Morgan fingerprint density at radius 1 is 1.18 bits per heavy atom. The molecule has 0 fully saturated rings. The zero-order valence-electron chi connectivity index (χ0n) is 7.54. The van der Waals surface area contributed by atoms with Gasteiger partial charge in [0.25, 0.3) is 0 Å². The fourth-order valence-electron chi connectivity index (χ4n) is 0.534. The van der Waals surface area contributed by atoms with Gasteiger partial charge in [0.1, 0.15) is 0 Å². The zero-order chi connectivity index (χ0) is 8.69. The van der Waals surface area contributed by atoms with E-state index in [0.29, 0.717) is 5.92 Å². The van der Waals surface area contributed by atoms with Crippen molar-refractivity contribution in [2.24, 2.45) is 11.7 Å². The van der Waals surface area contributed by atoms with Crippen LogP contribution in [0.5, 0.6) is 0 Å². The molecular weight excluding hydrogens is 134 g/mol. The summed E-state index contributed by atoms with van der Waals surface area (Å²) in [6, 6.07) is 0. The van der Waals surface area contributed by atoms with Crippen molar-refractivity contribution in [3.63, 3.8) is 0 Å². The van der Waals surface area contributed by atoms with Gasteiger partial charge in [0.05, 0.1) is 0 Å². The number of hydrogen-bond donors (Lipinski definition) is 1. The molecule has 2 N–H and O–H groups in total.